The SMILES string of the molecule is C=CCCC(=O)O[C@H]1CC[C@H]([C@H]2CC[C@H](c3ccc(C(F)(F)F)cc3)CC2)CC1. The maximum atomic E-state index is 12.7. The van der Waals surface area contributed by atoms with E-state index in [1.807, 2.05) is 0 Å². The first-order chi connectivity index (χ1) is 13.9. The second kappa shape index (κ2) is 9.82. The monoisotopic (exact) mass is 408 g/mol. The van der Waals surface area contributed by atoms with Gasteiger partial charge in [0.2, 0.25) is 0 Å². The van der Waals surface area contributed by atoms with E-state index in [-0.39, 0.29) is 12.1 Å². The van der Waals surface area contributed by atoms with E-state index in [9.17, 15) is 18.0 Å². The van der Waals surface area contributed by atoms with E-state index in [1.165, 1.54) is 12.1 Å². The summed E-state index contributed by atoms with van der Waals surface area (Å²) in [7, 11) is 0. The average molecular weight is 409 g/mol. The fourth-order valence-corrected chi connectivity index (χ4v) is 5.01. The zero-order valence-electron chi connectivity index (χ0n) is 16.9. The third-order valence-corrected chi connectivity index (χ3v) is 6.72. The molecule has 0 unspecified atom stereocenters. The molecule has 0 radical (unpaired) electrons. The number of halogens is 3. The van der Waals surface area contributed by atoms with Crippen LogP contribution < -0.4 is 0 Å². The zero-order valence-corrected chi connectivity index (χ0v) is 16.9. The molecule has 0 bridgehead atoms. The smallest absolute Gasteiger partial charge is 0.416 e. The second-order valence-corrected chi connectivity index (χ2v) is 8.59. The van der Waals surface area contributed by atoms with Crippen LogP contribution in [0.3, 0.4) is 0 Å². The van der Waals surface area contributed by atoms with Crippen LogP contribution in [-0.4, -0.2) is 12.1 Å². The van der Waals surface area contributed by atoms with E-state index in [1.54, 1.807) is 18.2 Å². The maximum Gasteiger partial charge on any atom is 0.416 e. The van der Waals surface area contributed by atoms with E-state index in [0.29, 0.717) is 30.6 Å². The number of carbonyl (C=O) groups is 1. The molecule has 160 valence electrons. The maximum absolute atomic E-state index is 12.7. The molecule has 2 nitrogen and oxygen atoms in total. The fourth-order valence-electron chi connectivity index (χ4n) is 5.01. The molecular formula is C24H31F3O2. The van der Waals surface area contributed by atoms with Crippen LogP contribution in [0, 0.1) is 11.8 Å². The Morgan fingerprint density at radius 1 is 0.966 bits per heavy atom. The number of hydrogen-bond donors (Lipinski definition) is 0. The van der Waals surface area contributed by atoms with Crippen LogP contribution in [-0.2, 0) is 15.7 Å². The summed E-state index contributed by atoms with van der Waals surface area (Å²) in [5.41, 5.74) is 0.462. The fraction of sp³-hybridized carbons (Fsp3) is 0.625. The van der Waals surface area contributed by atoms with Crippen LogP contribution in [0.5, 0.6) is 0 Å². The minimum atomic E-state index is -4.27. The normalized spacial score (nSPS) is 28.0. The number of hydrogen-bond acceptors (Lipinski definition) is 2. The third kappa shape index (κ3) is 6.10. The molecule has 5 heteroatoms. The summed E-state index contributed by atoms with van der Waals surface area (Å²) >= 11 is 0. The van der Waals surface area contributed by atoms with Gasteiger partial charge in [0.15, 0.2) is 0 Å². The lowest BCUT2D eigenvalue weighted by molar-refractivity contribution is -0.151. The van der Waals surface area contributed by atoms with Crippen molar-refractivity contribution in [1.29, 1.82) is 0 Å². The second-order valence-electron chi connectivity index (χ2n) is 8.59. The first kappa shape index (κ1) is 21.9. The molecule has 0 spiro atoms. The Labute approximate surface area is 171 Å². The van der Waals surface area contributed by atoms with Gasteiger partial charge in [0, 0.05) is 6.42 Å². The largest absolute Gasteiger partial charge is 0.462 e. The molecule has 2 fully saturated rings. The first-order valence-electron chi connectivity index (χ1n) is 10.8. The van der Waals surface area contributed by atoms with Crippen LogP contribution in [0.25, 0.3) is 0 Å². The lowest BCUT2D eigenvalue weighted by Gasteiger charge is -2.37. The van der Waals surface area contributed by atoms with Crippen molar-refractivity contribution in [2.45, 2.75) is 82.4 Å². The number of allylic oxidation sites excluding steroid dienone is 1. The van der Waals surface area contributed by atoms with Gasteiger partial charge in [-0.15, -0.1) is 6.58 Å². The predicted octanol–water partition coefficient (Wildman–Crippen LogP) is 7.05. The molecule has 1 aromatic rings. The minimum Gasteiger partial charge on any atom is -0.462 e. The highest BCUT2D eigenvalue weighted by molar-refractivity contribution is 5.69. The highest BCUT2D eigenvalue weighted by atomic mass is 19.4. The van der Waals surface area contributed by atoms with Crippen LogP contribution in [0.15, 0.2) is 36.9 Å². The Bertz CT molecular complexity index is 664. The van der Waals surface area contributed by atoms with Crippen LogP contribution >= 0.6 is 0 Å². The van der Waals surface area contributed by atoms with Gasteiger partial charge in [-0.3, -0.25) is 4.79 Å². The highest BCUT2D eigenvalue weighted by Gasteiger charge is 2.33. The molecule has 1 aromatic carbocycles. The number of alkyl halides is 3. The lowest BCUT2D eigenvalue weighted by atomic mass is 9.69. The number of benzene rings is 1. The third-order valence-electron chi connectivity index (χ3n) is 6.72. The molecule has 2 saturated carbocycles. The summed E-state index contributed by atoms with van der Waals surface area (Å²) < 4.78 is 43.8. The Kier molecular flexibility index (Phi) is 7.42. The van der Waals surface area contributed by atoms with E-state index >= 15 is 0 Å². The van der Waals surface area contributed by atoms with Crippen molar-refractivity contribution in [3.8, 4) is 0 Å². The summed E-state index contributed by atoms with van der Waals surface area (Å²) in [5.74, 6) is 1.63. The summed E-state index contributed by atoms with van der Waals surface area (Å²) in [6.45, 7) is 3.63. The molecule has 0 N–H and O–H groups in total. The van der Waals surface area contributed by atoms with Crippen molar-refractivity contribution in [3.05, 3.63) is 48.0 Å². The van der Waals surface area contributed by atoms with E-state index in [2.05, 4.69) is 6.58 Å². The number of esters is 1. The van der Waals surface area contributed by atoms with Crippen molar-refractivity contribution in [1.82, 2.24) is 0 Å². The number of rotatable bonds is 6. The summed E-state index contributed by atoms with van der Waals surface area (Å²) in [6.07, 6.45) is 7.09. The molecule has 0 aromatic heterocycles. The quantitative estimate of drug-likeness (QED) is 0.372. The Hall–Kier alpha value is -1.78. The van der Waals surface area contributed by atoms with Crippen LogP contribution in [0.1, 0.15) is 81.3 Å². The van der Waals surface area contributed by atoms with Gasteiger partial charge in [-0.1, -0.05) is 18.2 Å². The molecule has 0 heterocycles. The van der Waals surface area contributed by atoms with Gasteiger partial charge in [0.05, 0.1) is 5.56 Å². The van der Waals surface area contributed by atoms with E-state index < -0.39 is 11.7 Å². The molecule has 0 aliphatic heterocycles. The zero-order chi connectivity index (χ0) is 20.9. The Morgan fingerprint density at radius 2 is 1.52 bits per heavy atom. The Morgan fingerprint density at radius 3 is 2.03 bits per heavy atom. The van der Waals surface area contributed by atoms with Crippen LogP contribution in [0.4, 0.5) is 13.2 Å². The molecule has 3 rings (SSSR count). The van der Waals surface area contributed by atoms with E-state index in [0.717, 1.165) is 56.9 Å². The standard InChI is InChI=1S/C24H31F3O2/c1-2-3-4-23(28)29-22-15-11-20(12-16-22)18-7-5-17(6-8-18)19-9-13-21(14-10-19)24(25,26)27/h2,9-10,13-14,17-18,20,22H,1,3-8,11-12,15-16H2/t17-,18-,20-,22-. The topological polar surface area (TPSA) is 26.3 Å². The van der Waals surface area contributed by atoms with Gasteiger partial charge in [-0.05, 0) is 93.2 Å². The highest BCUT2D eigenvalue weighted by Crippen LogP contribution is 2.43. The molecule has 0 saturated heterocycles. The van der Waals surface area contributed by atoms with Gasteiger partial charge in [-0.2, -0.15) is 13.2 Å². The molecular weight excluding hydrogens is 377 g/mol. The predicted molar refractivity (Wildman–Crippen MR) is 107 cm³/mol. The van der Waals surface area contributed by atoms with Crippen molar-refractivity contribution in [2.24, 2.45) is 11.8 Å². The van der Waals surface area contributed by atoms with Gasteiger partial charge < -0.3 is 4.74 Å². The van der Waals surface area contributed by atoms with E-state index in [4.69, 9.17) is 4.74 Å². The number of ether oxygens (including phenoxy) is 1. The number of carbonyl (C=O) groups excluding carboxylic acids is 1. The Balaban J connectivity index is 1.42. The molecule has 0 atom stereocenters. The summed E-state index contributed by atoms with van der Waals surface area (Å²) in [4.78, 5) is 11.8. The summed E-state index contributed by atoms with van der Waals surface area (Å²) in [6, 6.07) is 5.72. The lowest BCUT2D eigenvalue weighted by Crippen LogP contribution is -2.29. The van der Waals surface area contributed by atoms with Crippen molar-refractivity contribution >= 4 is 5.97 Å². The minimum absolute atomic E-state index is 0.0621. The van der Waals surface area contributed by atoms with Gasteiger partial charge in [0.25, 0.3) is 0 Å². The van der Waals surface area contributed by atoms with Crippen molar-refractivity contribution < 1.29 is 22.7 Å². The van der Waals surface area contributed by atoms with Gasteiger partial charge >= 0.3 is 12.1 Å². The van der Waals surface area contributed by atoms with Crippen molar-refractivity contribution in [2.75, 3.05) is 0 Å². The van der Waals surface area contributed by atoms with Gasteiger partial charge in [-0.25, -0.2) is 0 Å². The average Bonchev–Trinajstić information content (AvgIpc) is 2.72. The summed E-state index contributed by atoms with van der Waals surface area (Å²) in [5, 5.41) is 0. The van der Waals surface area contributed by atoms with Crippen LogP contribution in [0.2, 0.25) is 0 Å². The molecule has 2 aliphatic rings. The van der Waals surface area contributed by atoms with Crippen molar-refractivity contribution in [3.63, 3.8) is 0 Å². The first-order valence-corrected chi connectivity index (χ1v) is 10.8. The molecule has 0 amide bonds. The molecule has 2 aliphatic carbocycles. The molecule has 29 heavy (non-hydrogen) atoms. The van der Waals surface area contributed by atoms with Gasteiger partial charge in [0.1, 0.15) is 6.10 Å².